The largest absolute Gasteiger partial charge is 0.423 e. The van der Waals surface area contributed by atoms with Gasteiger partial charge in [-0.1, -0.05) is 50.3 Å². The lowest BCUT2D eigenvalue weighted by atomic mass is 9.68. The predicted molar refractivity (Wildman–Crippen MR) is 150 cm³/mol. The molecular weight excluding hydrogens is 496 g/mol. The van der Waals surface area contributed by atoms with Gasteiger partial charge in [0.15, 0.2) is 5.76 Å². The molecule has 3 heterocycles. The lowest BCUT2D eigenvalue weighted by Gasteiger charge is -2.45. The number of β-amino-alcohol motifs (C(OH)–C–C–N with tert-alkyl or cyclic N) is 1. The number of hydrogen-bond acceptors (Lipinski definition) is 5. The minimum atomic E-state index is -0.636. The Morgan fingerprint density at radius 3 is 2.56 bits per heavy atom. The summed E-state index contributed by atoms with van der Waals surface area (Å²) in [6.07, 6.45) is 7.69. The normalized spacial score (nSPS) is 24.4. The van der Waals surface area contributed by atoms with Crippen LogP contribution in [0.25, 0.3) is 17.4 Å². The van der Waals surface area contributed by atoms with Gasteiger partial charge in [-0.05, 0) is 67.3 Å². The highest BCUT2D eigenvalue weighted by Gasteiger charge is 2.43. The number of nitrogens with zero attached hydrogens (tertiary/aromatic N) is 3. The van der Waals surface area contributed by atoms with E-state index in [1.807, 2.05) is 6.92 Å². The molecule has 39 heavy (non-hydrogen) atoms. The number of piperidine rings is 2. The molecule has 2 aromatic carbocycles. The average molecular weight is 534 g/mol. The van der Waals surface area contributed by atoms with Gasteiger partial charge in [-0.3, -0.25) is 0 Å². The van der Waals surface area contributed by atoms with Crippen molar-refractivity contribution < 1.29 is 18.3 Å². The predicted octanol–water partition coefficient (Wildman–Crippen LogP) is 6.07. The van der Waals surface area contributed by atoms with Gasteiger partial charge in [-0.25, -0.2) is 8.78 Å². The Kier molecular flexibility index (Phi) is 7.06. The zero-order valence-electron chi connectivity index (χ0n) is 22.7. The number of oxazole rings is 1. The Labute approximate surface area is 229 Å². The number of likely N-dealkylation sites (tertiary alicyclic amines) is 1. The van der Waals surface area contributed by atoms with Crippen LogP contribution in [0.15, 0.2) is 53.0 Å². The SMILES string of the molecule is CCc1nc(N2CCC(C(O)CN3CCC4(C=Cc5ccccc54)C(C)C3)CC2)oc1-c1cc(F)cc(F)c1. The third-order valence-electron chi connectivity index (χ3n) is 9.22. The fraction of sp³-hybridized carbons (Fsp3) is 0.469. The first-order valence-electron chi connectivity index (χ1n) is 14.3. The van der Waals surface area contributed by atoms with E-state index in [2.05, 4.69) is 58.1 Å². The summed E-state index contributed by atoms with van der Waals surface area (Å²) in [6, 6.07) is 12.6. The smallest absolute Gasteiger partial charge is 0.298 e. The Balaban J connectivity index is 1.06. The third-order valence-corrected chi connectivity index (χ3v) is 9.22. The van der Waals surface area contributed by atoms with Crippen LogP contribution in [0, 0.1) is 23.5 Å². The number of aliphatic hydroxyl groups excluding tert-OH is 1. The summed E-state index contributed by atoms with van der Waals surface area (Å²) in [5, 5.41) is 11.2. The zero-order valence-corrected chi connectivity index (χ0v) is 22.7. The highest BCUT2D eigenvalue weighted by Crippen LogP contribution is 2.47. The number of allylic oxidation sites excluding steroid dienone is 1. The molecule has 2 saturated heterocycles. The molecule has 7 heteroatoms. The van der Waals surface area contributed by atoms with E-state index >= 15 is 0 Å². The van der Waals surface area contributed by atoms with Crippen LogP contribution in [0.4, 0.5) is 14.8 Å². The van der Waals surface area contributed by atoms with Crippen molar-refractivity contribution in [2.45, 2.75) is 51.0 Å². The second kappa shape index (κ2) is 10.5. The number of aryl methyl sites for hydroxylation is 1. The second-order valence-electron chi connectivity index (χ2n) is 11.5. The van der Waals surface area contributed by atoms with Crippen LogP contribution in [-0.4, -0.2) is 53.8 Å². The van der Waals surface area contributed by atoms with E-state index in [-0.39, 0.29) is 17.4 Å². The minimum absolute atomic E-state index is 0.118. The maximum atomic E-state index is 13.8. The molecule has 3 unspecified atom stereocenters. The lowest BCUT2D eigenvalue weighted by molar-refractivity contribution is 0.0285. The van der Waals surface area contributed by atoms with Gasteiger partial charge in [0.25, 0.3) is 6.01 Å². The summed E-state index contributed by atoms with van der Waals surface area (Å²) < 4.78 is 33.7. The minimum Gasteiger partial charge on any atom is -0.423 e. The number of anilines is 1. The van der Waals surface area contributed by atoms with Gasteiger partial charge in [0.1, 0.15) is 11.6 Å². The molecule has 0 amide bonds. The second-order valence-corrected chi connectivity index (χ2v) is 11.5. The van der Waals surface area contributed by atoms with E-state index in [1.54, 1.807) is 0 Å². The van der Waals surface area contributed by atoms with Crippen molar-refractivity contribution >= 4 is 12.1 Å². The molecule has 2 fully saturated rings. The fourth-order valence-corrected chi connectivity index (χ4v) is 6.95. The van der Waals surface area contributed by atoms with Gasteiger partial charge in [0.2, 0.25) is 0 Å². The molecule has 6 rings (SSSR count). The molecule has 0 saturated carbocycles. The first-order valence-corrected chi connectivity index (χ1v) is 14.3. The average Bonchev–Trinajstić information content (AvgIpc) is 3.53. The van der Waals surface area contributed by atoms with Crippen LogP contribution in [0.1, 0.15) is 49.9 Å². The molecule has 2 aliphatic heterocycles. The van der Waals surface area contributed by atoms with Crippen LogP contribution in [-0.2, 0) is 11.8 Å². The van der Waals surface area contributed by atoms with Crippen LogP contribution >= 0.6 is 0 Å². The topological polar surface area (TPSA) is 52.7 Å². The number of benzene rings is 2. The van der Waals surface area contributed by atoms with Gasteiger partial charge in [0.05, 0.1) is 11.8 Å². The molecule has 3 aromatic rings. The van der Waals surface area contributed by atoms with E-state index in [0.29, 0.717) is 41.9 Å². The highest BCUT2D eigenvalue weighted by atomic mass is 19.1. The monoisotopic (exact) mass is 533 g/mol. The van der Waals surface area contributed by atoms with Crippen molar-refractivity contribution in [3.8, 4) is 11.3 Å². The van der Waals surface area contributed by atoms with Crippen LogP contribution in [0.3, 0.4) is 0 Å². The Morgan fingerprint density at radius 2 is 1.85 bits per heavy atom. The van der Waals surface area contributed by atoms with E-state index in [9.17, 15) is 13.9 Å². The lowest BCUT2D eigenvalue weighted by Crippen LogP contribution is -2.50. The van der Waals surface area contributed by atoms with E-state index in [0.717, 1.165) is 51.5 Å². The molecular formula is C32H37F2N3O2. The van der Waals surface area contributed by atoms with Gasteiger partial charge in [-0.15, -0.1) is 0 Å². The van der Waals surface area contributed by atoms with Crippen molar-refractivity contribution in [3.05, 3.63) is 77.0 Å². The number of aromatic nitrogens is 1. The number of rotatable bonds is 6. The first-order chi connectivity index (χ1) is 18.9. The molecule has 3 aliphatic rings. The maximum absolute atomic E-state index is 13.8. The summed E-state index contributed by atoms with van der Waals surface area (Å²) in [4.78, 5) is 9.17. The molecule has 1 aliphatic carbocycles. The molecule has 1 aromatic heterocycles. The maximum Gasteiger partial charge on any atom is 0.298 e. The molecule has 1 N–H and O–H groups in total. The van der Waals surface area contributed by atoms with Crippen LogP contribution < -0.4 is 4.90 Å². The summed E-state index contributed by atoms with van der Waals surface area (Å²) in [6.45, 7) is 8.41. The summed E-state index contributed by atoms with van der Waals surface area (Å²) in [5.74, 6) is -0.148. The van der Waals surface area contributed by atoms with Gasteiger partial charge >= 0.3 is 0 Å². The standard InChI is InChI=1S/C32H37F2N3O2/c1-3-28-30(24-16-25(33)18-26(34)17-24)39-31(35-28)37-13-9-23(10-14-37)29(38)20-36-15-12-32(21(2)19-36)11-8-22-6-4-5-7-27(22)32/h4-8,11,16-18,21,23,29,38H,3,9-10,12-15,19-20H2,1-2H3. The van der Waals surface area contributed by atoms with Crippen molar-refractivity contribution in [3.63, 3.8) is 0 Å². The zero-order chi connectivity index (χ0) is 27.1. The molecule has 206 valence electrons. The number of halogens is 2. The van der Waals surface area contributed by atoms with Gasteiger partial charge < -0.3 is 19.3 Å². The third kappa shape index (κ3) is 4.91. The van der Waals surface area contributed by atoms with Crippen LogP contribution in [0.5, 0.6) is 0 Å². The van der Waals surface area contributed by atoms with Crippen molar-refractivity contribution in [1.82, 2.24) is 9.88 Å². The molecule has 0 radical (unpaired) electrons. The molecule has 0 bridgehead atoms. The quantitative estimate of drug-likeness (QED) is 0.417. The summed E-state index contributed by atoms with van der Waals surface area (Å²) >= 11 is 0. The van der Waals surface area contributed by atoms with Crippen molar-refractivity contribution in [2.24, 2.45) is 11.8 Å². The van der Waals surface area contributed by atoms with Gasteiger partial charge in [-0.2, -0.15) is 4.98 Å². The van der Waals surface area contributed by atoms with Gasteiger partial charge in [0, 0.05) is 43.2 Å². The van der Waals surface area contributed by atoms with E-state index in [1.165, 1.54) is 23.3 Å². The summed E-state index contributed by atoms with van der Waals surface area (Å²) in [5.41, 5.74) is 3.97. The van der Waals surface area contributed by atoms with E-state index in [4.69, 9.17) is 4.42 Å². The van der Waals surface area contributed by atoms with Crippen molar-refractivity contribution in [1.29, 1.82) is 0 Å². The van der Waals surface area contributed by atoms with Crippen LogP contribution in [0.2, 0.25) is 0 Å². The Bertz CT molecular complexity index is 1340. The molecule has 3 atom stereocenters. The van der Waals surface area contributed by atoms with E-state index < -0.39 is 11.6 Å². The first kappa shape index (κ1) is 26.2. The number of fused-ring (bicyclic) bond motifs is 2. The summed E-state index contributed by atoms with van der Waals surface area (Å²) in [7, 11) is 0. The Morgan fingerprint density at radius 1 is 1.10 bits per heavy atom. The molecule has 5 nitrogen and oxygen atoms in total. The Hall–Kier alpha value is -3.03. The number of hydrogen-bond donors (Lipinski definition) is 1. The number of aliphatic hydroxyl groups is 1. The highest BCUT2D eigenvalue weighted by molar-refractivity contribution is 5.65. The molecule has 1 spiro atoms. The fourth-order valence-electron chi connectivity index (χ4n) is 6.95. The van der Waals surface area contributed by atoms with Crippen molar-refractivity contribution in [2.75, 3.05) is 37.6 Å².